The largest absolute Gasteiger partial charge is 0.456 e. The molecule has 1 aromatic heterocycles. The molecule has 0 saturated heterocycles. The first-order valence-electron chi connectivity index (χ1n) is 23.2. The molecule has 0 aliphatic rings. The van der Waals surface area contributed by atoms with Crippen LogP contribution in [0.2, 0.25) is 0 Å². The second-order valence-corrected chi connectivity index (χ2v) is 18.2. The van der Waals surface area contributed by atoms with Crippen LogP contribution >= 0.6 is 0 Å². The van der Waals surface area contributed by atoms with E-state index >= 15 is 0 Å². The zero-order chi connectivity index (χ0) is 43.7. The van der Waals surface area contributed by atoms with Gasteiger partial charge in [-0.1, -0.05) is 200 Å². The first-order chi connectivity index (χ1) is 33.3. The zero-order valence-electron chi connectivity index (χ0n) is 36.3. The van der Waals surface area contributed by atoms with Gasteiger partial charge in [-0.05, 0) is 161 Å². The van der Waals surface area contributed by atoms with E-state index in [1.165, 1.54) is 130 Å². The van der Waals surface area contributed by atoms with Crippen molar-refractivity contribution in [2.75, 3.05) is 0 Å². The van der Waals surface area contributed by atoms with Gasteiger partial charge in [0.05, 0.1) is 0 Å². The van der Waals surface area contributed by atoms with Crippen molar-refractivity contribution in [3.8, 4) is 33.4 Å². The van der Waals surface area contributed by atoms with Gasteiger partial charge in [-0.2, -0.15) is 0 Å². The van der Waals surface area contributed by atoms with Gasteiger partial charge in [0.1, 0.15) is 11.2 Å². The fraction of sp³-hybridized carbons (Fsp3) is 0. The van der Waals surface area contributed by atoms with E-state index in [0.29, 0.717) is 0 Å². The van der Waals surface area contributed by atoms with Crippen LogP contribution in [-0.4, -0.2) is 0 Å². The first kappa shape index (κ1) is 36.5. The van der Waals surface area contributed by atoms with Crippen LogP contribution in [0.5, 0.6) is 0 Å². The van der Waals surface area contributed by atoms with Crippen molar-refractivity contribution in [3.63, 3.8) is 0 Å². The zero-order valence-corrected chi connectivity index (χ0v) is 36.3. The van der Waals surface area contributed by atoms with E-state index in [4.69, 9.17) is 4.42 Å². The fourth-order valence-corrected chi connectivity index (χ4v) is 12.0. The maximum atomic E-state index is 6.73. The molecule has 0 aliphatic carbocycles. The van der Waals surface area contributed by atoms with Crippen molar-refractivity contribution >= 4 is 119 Å². The third kappa shape index (κ3) is 5.14. The topological polar surface area (TPSA) is 13.1 Å². The van der Waals surface area contributed by atoms with Crippen LogP contribution in [0.15, 0.2) is 235 Å². The van der Waals surface area contributed by atoms with Crippen LogP contribution < -0.4 is 0 Å². The van der Waals surface area contributed by atoms with Crippen LogP contribution in [0.25, 0.3) is 152 Å². The lowest BCUT2D eigenvalue weighted by Gasteiger charge is -2.23. The van der Waals surface area contributed by atoms with E-state index < -0.39 is 0 Å². The van der Waals surface area contributed by atoms with E-state index in [2.05, 4.69) is 231 Å². The summed E-state index contributed by atoms with van der Waals surface area (Å²) in [5, 5.41) is 24.7. The minimum atomic E-state index is 0.894. The second-order valence-electron chi connectivity index (χ2n) is 18.2. The normalized spacial score (nSPS) is 12.2. The van der Waals surface area contributed by atoms with Crippen LogP contribution in [-0.2, 0) is 0 Å². The van der Waals surface area contributed by atoms with Gasteiger partial charge >= 0.3 is 0 Å². The standard InChI is InChI=1S/C66H38O/c1-2-18-41-39(17-1)35-60(47-24-8-3-19-42(41)47)64-50-27-11-15-31-54(50)66(55-32-16-12-28-51(55)64)65-52-29-13-9-25-48(52)63(49-26-10-14-30-53(49)65)40-33-34-61-58(36-40)59-37-56-45-22-6-4-20-43(45)44-21-5-7-23-46(44)57(56)38-62(59)67-61/h1-38H. The number of rotatable bonds is 3. The second kappa shape index (κ2) is 13.9. The van der Waals surface area contributed by atoms with Crippen molar-refractivity contribution in [2.45, 2.75) is 0 Å². The highest BCUT2D eigenvalue weighted by atomic mass is 16.3. The Morgan fingerprint density at radius 3 is 1.06 bits per heavy atom. The quantitative estimate of drug-likeness (QED) is 0.128. The van der Waals surface area contributed by atoms with Crippen LogP contribution in [0.1, 0.15) is 0 Å². The lowest BCUT2D eigenvalue weighted by molar-refractivity contribution is 0.669. The van der Waals surface area contributed by atoms with Gasteiger partial charge in [-0.3, -0.25) is 0 Å². The van der Waals surface area contributed by atoms with E-state index in [-0.39, 0.29) is 0 Å². The van der Waals surface area contributed by atoms with E-state index in [1.807, 2.05) is 0 Å². The van der Waals surface area contributed by atoms with Gasteiger partial charge in [-0.15, -0.1) is 0 Å². The summed E-state index contributed by atoms with van der Waals surface area (Å²) in [7, 11) is 0. The van der Waals surface area contributed by atoms with E-state index in [1.54, 1.807) is 0 Å². The van der Waals surface area contributed by atoms with Gasteiger partial charge in [-0.25, -0.2) is 0 Å². The van der Waals surface area contributed by atoms with Gasteiger partial charge in [0.2, 0.25) is 0 Å². The molecule has 1 heterocycles. The lowest BCUT2D eigenvalue weighted by atomic mass is 9.80. The third-order valence-electron chi connectivity index (χ3n) is 14.8. The molecule has 0 bridgehead atoms. The minimum Gasteiger partial charge on any atom is -0.456 e. The Bertz CT molecular complexity index is 4510. The number of furan rings is 1. The van der Waals surface area contributed by atoms with Crippen molar-refractivity contribution < 1.29 is 4.42 Å². The molecule has 0 spiro atoms. The molecule has 15 rings (SSSR count). The lowest BCUT2D eigenvalue weighted by Crippen LogP contribution is -1.95. The Hall–Kier alpha value is -8.78. The average molecular weight is 847 g/mol. The van der Waals surface area contributed by atoms with Crippen molar-refractivity contribution in [2.24, 2.45) is 0 Å². The Balaban J connectivity index is 1.02. The first-order valence-corrected chi connectivity index (χ1v) is 23.2. The summed E-state index contributed by atoms with van der Waals surface area (Å²) in [6, 6.07) is 85.4. The molecule has 0 atom stereocenters. The van der Waals surface area contributed by atoms with Crippen LogP contribution in [0, 0.1) is 0 Å². The highest BCUT2D eigenvalue weighted by molar-refractivity contribution is 6.32. The number of hydrogen-bond acceptors (Lipinski definition) is 1. The van der Waals surface area contributed by atoms with E-state index in [0.717, 1.165) is 21.9 Å². The SMILES string of the molecule is c1ccc2c(c1)cc(-c1c3ccccc3c(-c3c4ccccc4c(-c4ccc5oc6cc7c8ccccc8c8ccccc8c7cc6c5c4)c4ccccc34)c3ccccc13)c1ccccc12. The maximum absolute atomic E-state index is 6.73. The Morgan fingerprint density at radius 1 is 0.194 bits per heavy atom. The highest BCUT2D eigenvalue weighted by Crippen LogP contribution is 2.52. The summed E-state index contributed by atoms with van der Waals surface area (Å²) in [5.41, 5.74) is 9.27. The van der Waals surface area contributed by atoms with Gasteiger partial charge < -0.3 is 4.42 Å². The summed E-state index contributed by atoms with van der Waals surface area (Å²) in [6.07, 6.45) is 0. The Kier molecular flexibility index (Phi) is 7.56. The number of hydrogen-bond donors (Lipinski definition) is 0. The smallest absolute Gasteiger partial charge is 0.136 e. The molecule has 1 heteroatoms. The Morgan fingerprint density at radius 2 is 0.552 bits per heavy atom. The molecule has 0 unspecified atom stereocenters. The van der Waals surface area contributed by atoms with Crippen LogP contribution in [0.4, 0.5) is 0 Å². The van der Waals surface area contributed by atoms with Crippen molar-refractivity contribution in [1.82, 2.24) is 0 Å². The monoisotopic (exact) mass is 846 g/mol. The third-order valence-corrected chi connectivity index (χ3v) is 14.8. The molecule has 67 heavy (non-hydrogen) atoms. The molecule has 0 amide bonds. The molecule has 308 valence electrons. The Labute approximate surface area is 385 Å². The summed E-state index contributed by atoms with van der Waals surface area (Å²) >= 11 is 0. The summed E-state index contributed by atoms with van der Waals surface area (Å²) in [4.78, 5) is 0. The molecule has 15 aromatic rings. The van der Waals surface area contributed by atoms with Gasteiger partial charge in [0.15, 0.2) is 0 Å². The molecule has 0 N–H and O–H groups in total. The summed E-state index contributed by atoms with van der Waals surface area (Å²) < 4.78 is 6.73. The summed E-state index contributed by atoms with van der Waals surface area (Å²) in [5.74, 6) is 0. The molecule has 14 aromatic carbocycles. The molecule has 1 nitrogen and oxygen atoms in total. The minimum absolute atomic E-state index is 0.894. The number of benzene rings is 14. The van der Waals surface area contributed by atoms with Crippen molar-refractivity contribution in [3.05, 3.63) is 231 Å². The molecule has 0 fully saturated rings. The molecular weight excluding hydrogens is 809 g/mol. The maximum Gasteiger partial charge on any atom is 0.136 e. The predicted molar refractivity (Wildman–Crippen MR) is 288 cm³/mol. The number of fused-ring (bicyclic) bond motifs is 16. The molecule has 0 aliphatic heterocycles. The van der Waals surface area contributed by atoms with Gasteiger partial charge in [0, 0.05) is 10.8 Å². The fourth-order valence-electron chi connectivity index (χ4n) is 12.0. The molecule has 0 saturated carbocycles. The average Bonchev–Trinajstić information content (AvgIpc) is 3.76. The molecular formula is C66H38O. The van der Waals surface area contributed by atoms with Crippen molar-refractivity contribution in [1.29, 1.82) is 0 Å². The predicted octanol–water partition coefficient (Wildman–Crippen LogP) is 19.0. The van der Waals surface area contributed by atoms with Gasteiger partial charge in [0.25, 0.3) is 0 Å². The highest BCUT2D eigenvalue weighted by Gasteiger charge is 2.24. The van der Waals surface area contributed by atoms with E-state index in [9.17, 15) is 0 Å². The molecule has 0 radical (unpaired) electrons. The summed E-state index contributed by atoms with van der Waals surface area (Å²) in [6.45, 7) is 0. The van der Waals surface area contributed by atoms with Crippen LogP contribution in [0.3, 0.4) is 0 Å².